The first-order valence-corrected chi connectivity index (χ1v) is 28.5. The van der Waals surface area contributed by atoms with Crippen LogP contribution in [0.5, 0.6) is 0 Å². The minimum absolute atomic E-state index is 0. The molecule has 6 heterocycles. The van der Waals surface area contributed by atoms with Gasteiger partial charge in [0, 0.05) is 149 Å². The average molecular weight is 1080 g/mol. The average Bonchev–Trinajstić information content (AvgIpc) is 3.52. The Bertz CT molecular complexity index is 3440. The number of para-hydroxylation sites is 6. The van der Waals surface area contributed by atoms with E-state index in [9.17, 15) is 0 Å². The van der Waals surface area contributed by atoms with E-state index in [1.165, 1.54) is 135 Å². The second kappa shape index (κ2) is 25.9. The molecule has 420 valence electrons. The van der Waals surface area contributed by atoms with Gasteiger partial charge in [-0.15, -0.1) is 0 Å². The van der Waals surface area contributed by atoms with E-state index in [1.54, 1.807) is 0 Å². The summed E-state index contributed by atoms with van der Waals surface area (Å²) < 4.78 is 0. The predicted molar refractivity (Wildman–Crippen MR) is 357 cm³/mol. The second-order valence-corrected chi connectivity index (χ2v) is 20.4. The third-order valence-corrected chi connectivity index (χ3v) is 16.5. The standard InChI is InChI=1S/3C22H20N2.3C2H6.3CH4/c1-23-19-9-5-4-8-16(19)14-18-21(23)12-11-17-13-15-7-3-6-10-20(15)24(2)22(17)18;1-23-19-9-5-3-7-15(19)11-17-13-18-12-16-8-4-6-10-20(16)24(2)22(18)14-21(17)23;1-23-19-9-5-3-7-15(19)13-17-18-14-16-8-4-6-10-20(16)24(2)22(18)12-11-21(17)23;3*1-2;;;/h3-12H,13-14H2,1-2H3;3-10,13-14H,11-12H2,1-2H3;3-12H,13-14H2,1-2H3;3*1-2H3;3*1H4. The van der Waals surface area contributed by atoms with Crippen molar-refractivity contribution < 1.29 is 0 Å². The number of hydrogen-bond acceptors (Lipinski definition) is 6. The first-order chi connectivity index (χ1) is 38.2. The number of anilines is 12. The van der Waals surface area contributed by atoms with E-state index in [0.29, 0.717) is 0 Å². The van der Waals surface area contributed by atoms with Crippen molar-refractivity contribution >= 4 is 68.2 Å². The van der Waals surface area contributed by atoms with Crippen LogP contribution >= 0.6 is 0 Å². The number of benzene rings is 9. The quantitative estimate of drug-likeness (QED) is 0.150. The maximum absolute atomic E-state index is 2.42. The van der Waals surface area contributed by atoms with E-state index >= 15 is 0 Å². The Kier molecular flexibility index (Phi) is 19.3. The minimum atomic E-state index is 0. The molecule has 0 fully saturated rings. The molecule has 0 aliphatic carbocycles. The summed E-state index contributed by atoms with van der Waals surface area (Å²) in [7, 11) is 13.1. The highest BCUT2D eigenvalue weighted by molar-refractivity contribution is 5.87. The van der Waals surface area contributed by atoms with Gasteiger partial charge in [-0.3, -0.25) is 0 Å². The minimum Gasteiger partial charge on any atom is -0.344 e. The monoisotopic (exact) mass is 1070 g/mol. The molecule has 0 saturated heterocycles. The molecule has 0 N–H and O–H groups in total. The van der Waals surface area contributed by atoms with E-state index < -0.39 is 0 Å². The van der Waals surface area contributed by atoms with Crippen molar-refractivity contribution in [3.05, 3.63) is 249 Å². The zero-order chi connectivity index (χ0) is 54.8. The number of nitrogens with zero attached hydrogens (tertiary/aromatic N) is 6. The molecule has 9 aromatic carbocycles. The smallest absolute Gasteiger partial charge is 0.0501 e. The van der Waals surface area contributed by atoms with Gasteiger partial charge in [0.2, 0.25) is 0 Å². The van der Waals surface area contributed by atoms with Crippen molar-refractivity contribution in [3.8, 4) is 0 Å². The van der Waals surface area contributed by atoms with Crippen molar-refractivity contribution in [2.45, 2.75) is 102 Å². The van der Waals surface area contributed by atoms with Gasteiger partial charge < -0.3 is 29.4 Å². The highest BCUT2D eigenvalue weighted by Crippen LogP contribution is 2.50. The van der Waals surface area contributed by atoms with Crippen molar-refractivity contribution in [1.29, 1.82) is 0 Å². The summed E-state index contributed by atoms with van der Waals surface area (Å²) in [4.78, 5) is 14.1. The van der Waals surface area contributed by atoms with E-state index in [0.717, 1.165) is 38.5 Å². The lowest BCUT2D eigenvalue weighted by Gasteiger charge is -2.37. The van der Waals surface area contributed by atoms with Crippen LogP contribution in [0.4, 0.5) is 68.2 Å². The molecule has 6 aliphatic heterocycles. The van der Waals surface area contributed by atoms with Gasteiger partial charge in [0.25, 0.3) is 0 Å². The Balaban J connectivity index is 0.000000164. The zero-order valence-corrected chi connectivity index (χ0v) is 48.2. The summed E-state index contributed by atoms with van der Waals surface area (Å²) >= 11 is 0. The normalized spacial score (nSPS) is 13.2. The lowest BCUT2D eigenvalue weighted by Crippen LogP contribution is -2.25. The number of fused-ring (bicyclic) bond motifs is 14. The van der Waals surface area contributed by atoms with E-state index in [-0.39, 0.29) is 22.3 Å². The summed E-state index contributed by atoms with van der Waals surface area (Å²) in [6.45, 7) is 12.0. The SMILES string of the molecule is C.C.C.CC.CC.CC.CN1c2ccccc2Cc2c1ccc1c2Cc2ccccc2N1C.CN1c2ccccc2Cc2c1ccc1c2N(C)c2ccccc2C1.CN1c2ccccc2Cc2cc3c(cc21)N(C)c1ccccc1C3. The van der Waals surface area contributed by atoms with Gasteiger partial charge in [-0.1, -0.05) is 185 Å². The third kappa shape index (κ3) is 10.8. The molecule has 0 radical (unpaired) electrons. The first kappa shape index (κ1) is 60.4. The fourth-order valence-corrected chi connectivity index (χ4v) is 12.9. The van der Waals surface area contributed by atoms with Gasteiger partial charge in [0.1, 0.15) is 0 Å². The second-order valence-electron chi connectivity index (χ2n) is 20.4. The van der Waals surface area contributed by atoms with Crippen molar-refractivity contribution in [2.75, 3.05) is 71.7 Å². The fourth-order valence-electron chi connectivity index (χ4n) is 12.9. The predicted octanol–water partition coefficient (Wildman–Crippen LogP) is 20.1. The maximum atomic E-state index is 2.42. The molecule has 9 aromatic rings. The van der Waals surface area contributed by atoms with Crippen LogP contribution in [0.3, 0.4) is 0 Å². The van der Waals surface area contributed by atoms with Crippen LogP contribution in [0.25, 0.3) is 0 Å². The number of rotatable bonds is 0. The Labute approximate surface area is 488 Å². The van der Waals surface area contributed by atoms with Crippen molar-refractivity contribution in [3.63, 3.8) is 0 Å². The molecule has 81 heavy (non-hydrogen) atoms. The molecule has 0 spiro atoms. The molecule has 0 aromatic heterocycles. The molecule has 15 rings (SSSR count). The Morgan fingerprint density at radius 1 is 0.210 bits per heavy atom. The fraction of sp³-hybridized carbons (Fsp3) is 0.280. The molecule has 6 heteroatoms. The van der Waals surface area contributed by atoms with Crippen molar-refractivity contribution in [1.82, 2.24) is 0 Å². The molecule has 0 atom stereocenters. The third-order valence-electron chi connectivity index (χ3n) is 16.5. The van der Waals surface area contributed by atoms with Gasteiger partial charge in [0.15, 0.2) is 0 Å². The van der Waals surface area contributed by atoms with E-state index in [4.69, 9.17) is 0 Å². The maximum Gasteiger partial charge on any atom is 0.0501 e. The number of hydrogen-bond donors (Lipinski definition) is 0. The van der Waals surface area contributed by atoms with E-state index in [1.807, 2.05) is 41.5 Å². The summed E-state index contributed by atoms with van der Waals surface area (Å²) in [6.07, 6.45) is 6.12. The van der Waals surface area contributed by atoms with Crippen LogP contribution in [0.15, 0.2) is 182 Å². The molecule has 0 saturated carbocycles. The highest BCUT2D eigenvalue weighted by atomic mass is 15.2. The van der Waals surface area contributed by atoms with Crippen molar-refractivity contribution in [2.24, 2.45) is 0 Å². The van der Waals surface area contributed by atoms with Gasteiger partial charge >= 0.3 is 0 Å². The molecule has 6 aliphatic rings. The van der Waals surface area contributed by atoms with E-state index in [2.05, 4.69) is 254 Å². The van der Waals surface area contributed by atoms with Gasteiger partial charge in [-0.05, 0) is 122 Å². The summed E-state index contributed by atoms with van der Waals surface area (Å²) in [6, 6.07) is 66.4. The van der Waals surface area contributed by atoms with Gasteiger partial charge in [-0.2, -0.15) is 0 Å². The lowest BCUT2D eigenvalue weighted by molar-refractivity contribution is 0.981. The lowest BCUT2D eigenvalue weighted by atomic mass is 9.86. The molecular formula is C75H90N6. The van der Waals surface area contributed by atoms with Gasteiger partial charge in [-0.25, -0.2) is 0 Å². The van der Waals surface area contributed by atoms with Crippen LogP contribution in [0.1, 0.15) is 131 Å². The topological polar surface area (TPSA) is 19.4 Å². The van der Waals surface area contributed by atoms with Crippen LogP contribution in [-0.4, -0.2) is 42.3 Å². The molecule has 0 unspecified atom stereocenters. The Morgan fingerprint density at radius 2 is 0.457 bits per heavy atom. The Hall–Kier alpha value is -8.22. The Morgan fingerprint density at radius 3 is 0.802 bits per heavy atom. The molecular weight excluding hydrogens is 985 g/mol. The van der Waals surface area contributed by atoms with Crippen LogP contribution in [0, 0.1) is 0 Å². The zero-order valence-electron chi connectivity index (χ0n) is 48.2. The molecule has 6 nitrogen and oxygen atoms in total. The largest absolute Gasteiger partial charge is 0.344 e. The van der Waals surface area contributed by atoms with Crippen LogP contribution < -0.4 is 29.4 Å². The first-order valence-electron chi connectivity index (χ1n) is 28.5. The van der Waals surface area contributed by atoms with Crippen LogP contribution in [-0.2, 0) is 38.5 Å². The molecule has 0 bridgehead atoms. The summed E-state index contributed by atoms with van der Waals surface area (Å²) in [5.41, 5.74) is 33.2. The van der Waals surface area contributed by atoms with Gasteiger partial charge in [0.05, 0.1) is 5.69 Å². The highest BCUT2D eigenvalue weighted by Gasteiger charge is 2.31. The summed E-state index contributed by atoms with van der Waals surface area (Å²) in [5, 5.41) is 0. The molecule has 0 amide bonds. The summed E-state index contributed by atoms with van der Waals surface area (Å²) in [5.74, 6) is 0. The van der Waals surface area contributed by atoms with Crippen LogP contribution in [0.2, 0.25) is 0 Å².